The van der Waals surface area contributed by atoms with Gasteiger partial charge in [-0.15, -0.1) is 0 Å². The van der Waals surface area contributed by atoms with Crippen LogP contribution in [0.15, 0.2) is 72.1 Å². The molecule has 8 heteroatoms. The zero-order valence-electron chi connectivity index (χ0n) is 18.1. The van der Waals surface area contributed by atoms with Gasteiger partial charge in [-0.3, -0.25) is 4.79 Å². The van der Waals surface area contributed by atoms with Crippen LogP contribution >= 0.6 is 0 Å². The van der Waals surface area contributed by atoms with Crippen LogP contribution in [0.4, 0.5) is 0 Å². The van der Waals surface area contributed by atoms with Crippen molar-refractivity contribution in [2.75, 3.05) is 13.1 Å². The molecule has 0 saturated carbocycles. The van der Waals surface area contributed by atoms with Gasteiger partial charge in [0.15, 0.2) is 0 Å². The topological polar surface area (TPSA) is 84.3 Å². The molecular formula is C24H28N4O3S. The number of rotatable bonds is 6. The molecule has 168 valence electrons. The summed E-state index contributed by atoms with van der Waals surface area (Å²) in [5.41, 5.74) is 2.40. The third-order valence-electron chi connectivity index (χ3n) is 5.86. The van der Waals surface area contributed by atoms with Gasteiger partial charge in [0.1, 0.15) is 0 Å². The third kappa shape index (κ3) is 4.92. The van der Waals surface area contributed by atoms with Gasteiger partial charge >= 0.3 is 0 Å². The van der Waals surface area contributed by atoms with Gasteiger partial charge in [0.05, 0.1) is 17.3 Å². The Labute approximate surface area is 189 Å². The fourth-order valence-electron chi connectivity index (χ4n) is 3.92. The lowest BCUT2D eigenvalue weighted by Crippen LogP contribution is -2.32. The van der Waals surface area contributed by atoms with E-state index < -0.39 is 10.0 Å². The fourth-order valence-corrected chi connectivity index (χ4v) is 5.44. The molecule has 1 aliphatic rings. The minimum atomic E-state index is -3.52. The molecule has 2 aromatic carbocycles. The number of hydrogen-bond acceptors (Lipinski definition) is 4. The van der Waals surface area contributed by atoms with Crippen LogP contribution in [0.1, 0.15) is 54.6 Å². The van der Waals surface area contributed by atoms with E-state index >= 15 is 0 Å². The normalized spacial score (nSPS) is 16.3. The van der Waals surface area contributed by atoms with Crippen molar-refractivity contribution in [1.29, 1.82) is 0 Å². The number of amides is 1. The molecule has 1 unspecified atom stereocenters. The van der Waals surface area contributed by atoms with Crippen molar-refractivity contribution in [3.05, 3.63) is 78.4 Å². The van der Waals surface area contributed by atoms with E-state index in [1.165, 1.54) is 12.1 Å². The highest BCUT2D eigenvalue weighted by molar-refractivity contribution is 7.89. The predicted molar refractivity (Wildman–Crippen MR) is 123 cm³/mol. The average Bonchev–Trinajstić information content (AvgIpc) is 3.20. The number of hydrogen-bond donors (Lipinski definition) is 1. The summed E-state index contributed by atoms with van der Waals surface area (Å²) in [7, 11) is -3.52. The summed E-state index contributed by atoms with van der Waals surface area (Å²) in [4.78, 5) is 17.0. The molecule has 7 nitrogen and oxygen atoms in total. The van der Waals surface area contributed by atoms with Gasteiger partial charge in [-0.25, -0.2) is 13.4 Å². The van der Waals surface area contributed by atoms with Crippen molar-refractivity contribution in [3.8, 4) is 5.69 Å². The molecule has 1 saturated heterocycles. The first-order valence-corrected chi connectivity index (χ1v) is 12.4. The highest BCUT2D eigenvalue weighted by atomic mass is 32.2. The Balaban J connectivity index is 1.41. The van der Waals surface area contributed by atoms with Gasteiger partial charge < -0.3 is 9.88 Å². The van der Waals surface area contributed by atoms with E-state index in [2.05, 4.69) is 10.3 Å². The van der Waals surface area contributed by atoms with Gasteiger partial charge in [0, 0.05) is 36.7 Å². The van der Waals surface area contributed by atoms with E-state index in [0.717, 1.165) is 36.9 Å². The molecule has 1 aromatic heterocycles. The highest BCUT2D eigenvalue weighted by Crippen LogP contribution is 2.21. The van der Waals surface area contributed by atoms with Crippen LogP contribution in [0, 0.1) is 0 Å². The van der Waals surface area contributed by atoms with Crippen molar-refractivity contribution < 1.29 is 13.2 Å². The molecule has 4 rings (SSSR count). The summed E-state index contributed by atoms with van der Waals surface area (Å²) in [5.74, 6) is -0.241. The Morgan fingerprint density at radius 1 is 0.969 bits per heavy atom. The Hall–Kier alpha value is -2.97. The number of sulfonamides is 1. The minimum absolute atomic E-state index is 0.195. The van der Waals surface area contributed by atoms with Crippen molar-refractivity contribution in [3.63, 3.8) is 0 Å². The summed E-state index contributed by atoms with van der Waals surface area (Å²) in [5, 5.41) is 2.98. The molecule has 3 aromatic rings. The lowest BCUT2D eigenvalue weighted by atomic mass is 10.1. The van der Waals surface area contributed by atoms with E-state index in [9.17, 15) is 13.2 Å². The van der Waals surface area contributed by atoms with Gasteiger partial charge in [-0.05, 0) is 61.7 Å². The summed E-state index contributed by atoms with van der Waals surface area (Å²) >= 11 is 0. The standard InChI is InChI=1S/C24H28N4O3S/c1-19(20-6-10-22(11-7-20)27-17-14-25-18-27)26-24(29)21-8-12-23(13-9-21)32(30,31)28-15-4-2-3-5-16-28/h6-14,17-19H,2-5,15-16H2,1H3,(H,26,29). The van der Waals surface area contributed by atoms with E-state index in [1.54, 1.807) is 29.0 Å². The van der Waals surface area contributed by atoms with E-state index in [-0.39, 0.29) is 16.8 Å². The number of carbonyl (C=O) groups excluding carboxylic acids is 1. The second kappa shape index (κ2) is 9.67. The van der Waals surface area contributed by atoms with Gasteiger partial charge in [0.2, 0.25) is 10.0 Å². The number of imidazole rings is 1. The molecule has 2 heterocycles. The second-order valence-electron chi connectivity index (χ2n) is 8.10. The van der Waals surface area contributed by atoms with Gasteiger partial charge in [-0.1, -0.05) is 25.0 Å². The molecule has 1 aliphatic heterocycles. The monoisotopic (exact) mass is 452 g/mol. The number of aromatic nitrogens is 2. The average molecular weight is 453 g/mol. The molecule has 0 aliphatic carbocycles. The van der Waals surface area contributed by atoms with E-state index in [4.69, 9.17) is 0 Å². The van der Waals surface area contributed by atoms with Crippen LogP contribution in [-0.4, -0.2) is 41.3 Å². The maximum atomic E-state index is 12.9. The van der Waals surface area contributed by atoms with Crippen LogP contribution < -0.4 is 5.32 Å². The van der Waals surface area contributed by atoms with Gasteiger partial charge in [-0.2, -0.15) is 4.31 Å². The summed E-state index contributed by atoms with van der Waals surface area (Å²) < 4.78 is 29.3. The molecule has 1 N–H and O–H groups in total. The predicted octanol–water partition coefficient (Wildman–Crippen LogP) is 3.93. The number of nitrogens with zero attached hydrogens (tertiary/aromatic N) is 3. The van der Waals surface area contributed by atoms with Crippen molar-refractivity contribution in [2.45, 2.75) is 43.5 Å². The Morgan fingerprint density at radius 3 is 2.22 bits per heavy atom. The van der Waals surface area contributed by atoms with Crippen LogP contribution in [0.5, 0.6) is 0 Å². The van der Waals surface area contributed by atoms with E-state index in [1.807, 2.05) is 42.0 Å². The van der Waals surface area contributed by atoms with Crippen LogP contribution in [-0.2, 0) is 10.0 Å². The highest BCUT2D eigenvalue weighted by Gasteiger charge is 2.25. The molecule has 1 amide bonds. The first-order valence-electron chi connectivity index (χ1n) is 10.9. The SMILES string of the molecule is CC(NC(=O)c1ccc(S(=O)(=O)N2CCCCCC2)cc1)c1ccc(-n2ccnc2)cc1. The van der Waals surface area contributed by atoms with Crippen LogP contribution in [0.3, 0.4) is 0 Å². The quantitative estimate of drug-likeness (QED) is 0.614. The summed E-state index contributed by atoms with van der Waals surface area (Å²) in [6.45, 7) is 3.03. The number of carbonyl (C=O) groups is 1. The molecule has 0 radical (unpaired) electrons. The second-order valence-corrected chi connectivity index (χ2v) is 10.0. The van der Waals surface area contributed by atoms with Crippen molar-refractivity contribution >= 4 is 15.9 Å². The third-order valence-corrected chi connectivity index (χ3v) is 7.78. The van der Waals surface area contributed by atoms with Gasteiger partial charge in [0.25, 0.3) is 5.91 Å². The smallest absolute Gasteiger partial charge is 0.251 e. The minimum Gasteiger partial charge on any atom is -0.346 e. The summed E-state index contributed by atoms with van der Waals surface area (Å²) in [6, 6.07) is 13.9. The number of benzene rings is 2. The van der Waals surface area contributed by atoms with Crippen molar-refractivity contribution in [2.24, 2.45) is 0 Å². The molecular weight excluding hydrogens is 424 g/mol. The Kier molecular flexibility index (Phi) is 6.72. The Bertz CT molecular complexity index is 1130. The van der Waals surface area contributed by atoms with Crippen LogP contribution in [0.2, 0.25) is 0 Å². The first-order chi connectivity index (χ1) is 15.4. The molecule has 1 fully saturated rings. The zero-order chi connectivity index (χ0) is 22.6. The largest absolute Gasteiger partial charge is 0.346 e. The first kappa shape index (κ1) is 22.2. The maximum absolute atomic E-state index is 12.9. The zero-order valence-corrected chi connectivity index (χ0v) is 19.0. The summed E-state index contributed by atoms with van der Waals surface area (Å²) in [6.07, 6.45) is 9.24. The lowest BCUT2D eigenvalue weighted by Gasteiger charge is -2.20. The lowest BCUT2D eigenvalue weighted by molar-refractivity contribution is 0.0939. The molecule has 0 spiro atoms. The fraction of sp³-hybridized carbons (Fsp3) is 0.333. The van der Waals surface area contributed by atoms with Crippen LogP contribution in [0.25, 0.3) is 5.69 Å². The van der Waals surface area contributed by atoms with E-state index in [0.29, 0.717) is 18.7 Å². The maximum Gasteiger partial charge on any atom is 0.251 e. The molecule has 0 bridgehead atoms. The van der Waals surface area contributed by atoms with Crippen molar-refractivity contribution in [1.82, 2.24) is 19.2 Å². The molecule has 1 atom stereocenters. The Morgan fingerprint density at radius 2 is 1.62 bits per heavy atom. The molecule has 32 heavy (non-hydrogen) atoms. The number of nitrogens with one attached hydrogen (secondary N) is 1.